The number of benzene rings is 1. The zero-order valence-electron chi connectivity index (χ0n) is 9.83. The maximum absolute atomic E-state index is 3.36. The Labute approximate surface area is 92.3 Å². The third-order valence-corrected chi connectivity index (χ3v) is 3.32. The summed E-state index contributed by atoms with van der Waals surface area (Å²) in [6.45, 7) is 4.51. The van der Waals surface area contributed by atoms with Crippen LogP contribution in [0.5, 0.6) is 0 Å². The molecule has 1 saturated heterocycles. The summed E-state index contributed by atoms with van der Waals surface area (Å²) in [5, 5.41) is 3.36. The van der Waals surface area contributed by atoms with E-state index in [0.29, 0.717) is 6.04 Å². The van der Waals surface area contributed by atoms with E-state index in [0.717, 1.165) is 19.0 Å². The molecule has 0 radical (unpaired) electrons. The normalized spacial score (nSPS) is 18.9. The van der Waals surface area contributed by atoms with Crippen molar-refractivity contribution in [2.75, 3.05) is 27.2 Å². The van der Waals surface area contributed by atoms with Gasteiger partial charge < -0.3 is 10.2 Å². The SMILES string of the molecule is Cc1ccccc1C(C1CNC1)N(C)C. The summed E-state index contributed by atoms with van der Waals surface area (Å²) in [5.41, 5.74) is 2.89. The minimum Gasteiger partial charge on any atom is -0.316 e. The van der Waals surface area contributed by atoms with Crippen LogP contribution in [0.15, 0.2) is 24.3 Å². The van der Waals surface area contributed by atoms with E-state index in [1.165, 1.54) is 11.1 Å². The predicted octanol–water partition coefficient (Wildman–Crippen LogP) is 1.82. The summed E-state index contributed by atoms with van der Waals surface area (Å²) < 4.78 is 0. The smallest absolute Gasteiger partial charge is 0.0397 e. The Balaban J connectivity index is 2.27. The van der Waals surface area contributed by atoms with Gasteiger partial charge in [-0.15, -0.1) is 0 Å². The van der Waals surface area contributed by atoms with Crippen molar-refractivity contribution in [1.29, 1.82) is 0 Å². The first-order chi connectivity index (χ1) is 7.20. The zero-order chi connectivity index (χ0) is 10.8. The minimum absolute atomic E-state index is 0.562. The lowest BCUT2D eigenvalue weighted by Crippen LogP contribution is -2.48. The molecular formula is C13H20N2. The fourth-order valence-corrected chi connectivity index (χ4v) is 2.41. The molecule has 2 heteroatoms. The quantitative estimate of drug-likeness (QED) is 0.808. The van der Waals surface area contributed by atoms with Gasteiger partial charge in [0, 0.05) is 25.0 Å². The van der Waals surface area contributed by atoms with E-state index in [-0.39, 0.29) is 0 Å². The standard InChI is InChI=1S/C13H20N2/c1-10-6-4-5-7-12(10)13(15(2)3)11-8-14-9-11/h4-7,11,13-14H,8-9H2,1-3H3. The summed E-state index contributed by atoms with van der Waals surface area (Å²) in [4.78, 5) is 2.34. The van der Waals surface area contributed by atoms with Gasteiger partial charge in [0.05, 0.1) is 0 Å². The van der Waals surface area contributed by atoms with E-state index in [2.05, 4.69) is 55.5 Å². The van der Waals surface area contributed by atoms with Gasteiger partial charge in [-0.1, -0.05) is 24.3 Å². The van der Waals surface area contributed by atoms with Gasteiger partial charge in [-0.05, 0) is 32.1 Å². The molecule has 0 amide bonds. The maximum atomic E-state index is 3.36. The molecule has 2 nitrogen and oxygen atoms in total. The average Bonchev–Trinajstić information content (AvgIpc) is 2.12. The maximum Gasteiger partial charge on any atom is 0.0397 e. The number of nitrogens with zero attached hydrogens (tertiary/aromatic N) is 1. The Morgan fingerprint density at radius 1 is 1.27 bits per heavy atom. The van der Waals surface area contributed by atoms with Crippen LogP contribution in [-0.2, 0) is 0 Å². The average molecular weight is 204 g/mol. The molecule has 15 heavy (non-hydrogen) atoms. The third kappa shape index (κ3) is 2.06. The summed E-state index contributed by atoms with van der Waals surface area (Å²) >= 11 is 0. The highest BCUT2D eigenvalue weighted by molar-refractivity contribution is 5.29. The molecule has 1 heterocycles. The fraction of sp³-hybridized carbons (Fsp3) is 0.538. The van der Waals surface area contributed by atoms with Crippen LogP contribution in [0, 0.1) is 12.8 Å². The van der Waals surface area contributed by atoms with Gasteiger partial charge in [0.25, 0.3) is 0 Å². The molecular weight excluding hydrogens is 184 g/mol. The Hall–Kier alpha value is -0.860. The number of nitrogens with one attached hydrogen (secondary N) is 1. The second-order valence-corrected chi connectivity index (χ2v) is 4.68. The molecule has 1 fully saturated rings. The lowest BCUT2D eigenvalue weighted by Gasteiger charge is -2.39. The van der Waals surface area contributed by atoms with E-state index in [4.69, 9.17) is 0 Å². The van der Waals surface area contributed by atoms with Crippen LogP contribution in [0.4, 0.5) is 0 Å². The monoisotopic (exact) mass is 204 g/mol. The molecule has 0 bridgehead atoms. The van der Waals surface area contributed by atoms with Crippen molar-refractivity contribution in [3.63, 3.8) is 0 Å². The van der Waals surface area contributed by atoms with Crippen molar-refractivity contribution in [2.24, 2.45) is 5.92 Å². The minimum atomic E-state index is 0.562. The molecule has 82 valence electrons. The molecule has 1 aromatic carbocycles. The first kappa shape index (κ1) is 10.7. The van der Waals surface area contributed by atoms with Gasteiger partial charge in [0.15, 0.2) is 0 Å². The topological polar surface area (TPSA) is 15.3 Å². The molecule has 0 spiro atoms. The highest BCUT2D eigenvalue weighted by atomic mass is 15.1. The summed E-state index contributed by atoms with van der Waals surface area (Å²) in [5.74, 6) is 0.765. The van der Waals surface area contributed by atoms with Crippen LogP contribution in [-0.4, -0.2) is 32.1 Å². The zero-order valence-corrected chi connectivity index (χ0v) is 9.83. The van der Waals surface area contributed by atoms with Crippen molar-refractivity contribution in [3.8, 4) is 0 Å². The van der Waals surface area contributed by atoms with Crippen LogP contribution < -0.4 is 5.32 Å². The lowest BCUT2D eigenvalue weighted by atomic mass is 9.86. The molecule has 1 aliphatic rings. The van der Waals surface area contributed by atoms with Gasteiger partial charge in [-0.25, -0.2) is 0 Å². The fourth-order valence-electron chi connectivity index (χ4n) is 2.41. The second kappa shape index (κ2) is 4.33. The van der Waals surface area contributed by atoms with E-state index < -0.39 is 0 Å². The van der Waals surface area contributed by atoms with Crippen LogP contribution in [0.2, 0.25) is 0 Å². The van der Waals surface area contributed by atoms with Crippen LogP contribution in [0.3, 0.4) is 0 Å². The lowest BCUT2D eigenvalue weighted by molar-refractivity contribution is 0.160. The Morgan fingerprint density at radius 2 is 1.93 bits per heavy atom. The van der Waals surface area contributed by atoms with Crippen molar-refractivity contribution < 1.29 is 0 Å². The first-order valence-corrected chi connectivity index (χ1v) is 5.63. The molecule has 0 aromatic heterocycles. The van der Waals surface area contributed by atoms with E-state index in [1.807, 2.05) is 0 Å². The van der Waals surface area contributed by atoms with Crippen molar-refractivity contribution >= 4 is 0 Å². The van der Waals surface area contributed by atoms with Crippen LogP contribution >= 0.6 is 0 Å². The second-order valence-electron chi connectivity index (χ2n) is 4.68. The highest BCUT2D eigenvalue weighted by Gasteiger charge is 2.30. The molecule has 1 aromatic rings. The van der Waals surface area contributed by atoms with Crippen LogP contribution in [0.1, 0.15) is 17.2 Å². The summed E-state index contributed by atoms with van der Waals surface area (Å²) in [6, 6.07) is 9.29. The predicted molar refractivity (Wildman–Crippen MR) is 64.0 cm³/mol. The van der Waals surface area contributed by atoms with E-state index >= 15 is 0 Å². The summed E-state index contributed by atoms with van der Waals surface area (Å²) in [6.07, 6.45) is 0. The van der Waals surface area contributed by atoms with E-state index in [9.17, 15) is 0 Å². The Kier molecular flexibility index (Phi) is 3.08. The first-order valence-electron chi connectivity index (χ1n) is 5.63. The van der Waals surface area contributed by atoms with Gasteiger partial charge >= 0.3 is 0 Å². The third-order valence-electron chi connectivity index (χ3n) is 3.32. The van der Waals surface area contributed by atoms with E-state index in [1.54, 1.807) is 0 Å². The molecule has 0 aliphatic carbocycles. The van der Waals surface area contributed by atoms with Gasteiger partial charge in [0.2, 0.25) is 0 Å². The van der Waals surface area contributed by atoms with Gasteiger partial charge in [0.1, 0.15) is 0 Å². The van der Waals surface area contributed by atoms with Crippen molar-refractivity contribution in [3.05, 3.63) is 35.4 Å². The van der Waals surface area contributed by atoms with Crippen molar-refractivity contribution in [1.82, 2.24) is 10.2 Å². The Morgan fingerprint density at radius 3 is 2.40 bits per heavy atom. The van der Waals surface area contributed by atoms with Gasteiger partial charge in [-0.2, -0.15) is 0 Å². The molecule has 0 saturated carbocycles. The number of aryl methyl sites for hydroxylation is 1. The molecule has 1 atom stereocenters. The molecule has 1 aliphatic heterocycles. The van der Waals surface area contributed by atoms with Crippen LogP contribution in [0.25, 0.3) is 0 Å². The molecule has 1 N–H and O–H groups in total. The largest absolute Gasteiger partial charge is 0.316 e. The number of rotatable bonds is 3. The number of hydrogen-bond acceptors (Lipinski definition) is 2. The van der Waals surface area contributed by atoms with Gasteiger partial charge in [-0.3, -0.25) is 0 Å². The highest BCUT2D eigenvalue weighted by Crippen LogP contribution is 2.31. The summed E-state index contributed by atoms with van der Waals surface area (Å²) in [7, 11) is 4.35. The number of hydrogen-bond donors (Lipinski definition) is 1. The Bertz CT molecular complexity index is 329. The molecule has 1 unspecified atom stereocenters. The molecule has 2 rings (SSSR count). The van der Waals surface area contributed by atoms with Crippen molar-refractivity contribution in [2.45, 2.75) is 13.0 Å².